The summed E-state index contributed by atoms with van der Waals surface area (Å²) in [5, 5.41) is 2.34. The highest BCUT2D eigenvalue weighted by molar-refractivity contribution is 6.10. The van der Waals surface area contributed by atoms with Gasteiger partial charge in [-0.2, -0.15) is 0 Å². The minimum atomic E-state index is 0.799. The molecular weight excluding hydrogens is 330 g/mol. The average molecular weight is 355 g/mol. The molecule has 0 bridgehead atoms. The van der Waals surface area contributed by atoms with Crippen LogP contribution in [0.1, 0.15) is 25.0 Å². The maximum absolute atomic E-state index is 6.12. The Morgan fingerprint density at radius 2 is 1.56 bits per heavy atom. The number of aliphatic imine (C=N–C) groups is 1. The van der Waals surface area contributed by atoms with Crippen LogP contribution in [0.4, 0.5) is 0 Å². The van der Waals surface area contributed by atoms with Crippen LogP contribution in [0.15, 0.2) is 88.3 Å². The number of allylic oxidation sites excluding steroid dienone is 2. The Bertz CT molecular complexity index is 1070. The maximum Gasteiger partial charge on any atom is 0.138 e. The van der Waals surface area contributed by atoms with Gasteiger partial charge in [0, 0.05) is 24.0 Å². The standard InChI is InChI=1S/C23H19NO.C2H6/c1-24-16-19(17-8-3-2-4-9-17)15-14-18-10-7-12-21-20-11-5-6-13-22(20)25-23(18)21;1-2/h2-13,15-16H,14H2,1H3;1-2H3/b19-15+,24-16?;. The summed E-state index contributed by atoms with van der Waals surface area (Å²) < 4.78 is 6.12. The molecule has 0 amide bonds. The second-order valence-electron chi connectivity index (χ2n) is 6.01. The number of benzene rings is 3. The number of hydrogen-bond donors (Lipinski definition) is 0. The van der Waals surface area contributed by atoms with Crippen LogP contribution >= 0.6 is 0 Å². The van der Waals surface area contributed by atoms with E-state index in [-0.39, 0.29) is 0 Å². The van der Waals surface area contributed by atoms with Crippen molar-refractivity contribution in [2.45, 2.75) is 20.3 Å². The molecule has 3 aromatic carbocycles. The van der Waals surface area contributed by atoms with Crippen molar-refractivity contribution in [3.05, 3.63) is 90.0 Å². The van der Waals surface area contributed by atoms with Crippen LogP contribution in [0.5, 0.6) is 0 Å². The quantitative estimate of drug-likeness (QED) is 0.364. The van der Waals surface area contributed by atoms with Gasteiger partial charge in [-0.15, -0.1) is 0 Å². The molecule has 2 nitrogen and oxygen atoms in total. The summed E-state index contributed by atoms with van der Waals surface area (Å²) in [5.74, 6) is 0. The van der Waals surface area contributed by atoms with Crippen molar-refractivity contribution in [3.63, 3.8) is 0 Å². The van der Waals surface area contributed by atoms with Crippen LogP contribution in [-0.4, -0.2) is 13.3 Å². The molecule has 27 heavy (non-hydrogen) atoms. The van der Waals surface area contributed by atoms with Gasteiger partial charge in [0.25, 0.3) is 0 Å². The minimum absolute atomic E-state index is 0.799. The molecule has 0 fully saturated rings. The fraction of sp³-hybridized carbons (Fsp3) is 0.160. The van der Waals surface area contributed by atoms with E-state index in [1.165, 1.54) is 21.9 Å². The number of fused-ring (bicyclic) bond motifs is 3. The first kappa shape index (κ1) is 18.7. The minimum Gasteiger partial charge on any atom is -0.456 e. The summed E-state index contributed by atoms with van der Waals surface area (Å²) in [7, 11) is 1.80. The normalized spacial score (nSPS) is 11.7. The maximum atomic E-state index is 6.12. The van der Waals surface area contributed by atoms with E-state index in [2.05, 4.69) is 53.5 Å². The molecule has 4 rings (SSSR count). The Morgan fingerprint density at radius 1 is 0.852 bits per heavy atom. The van der Waals surface area contributed by atoms with Gasteiger partial charge < -0.3 is 4.42 Å². The molecule has 1 heterocycles. The first-order valence-electron chi connectivity index (χ1n) is 9.43. The van der Waals surface area contributed by atoms with Crippen LogP contribution < -0.4 is 0 Å². The number of furan rings is 1. The summed E-state index contributed by atoms with van der Waals surface area (Å²) >= 11 is 0. The molecule has 1 aromatic heterocycles. The largest absolute Gasteiger partial charge is 0.456 e. The molecule has 136 valence electrons. The lowest BCUT2D eigenvalue weighted by atomic mass is 10.0. The summed E-state index contributed by atoms with van der Waals surface area (Å²) in [4.78, 5) is 4.21. The molecule has 0 aliphatic carbocycles. The van der Waals surface area contributed by atoms with E-state index in [1.54, 1.807) is 7.05 Å². The summed E-state index contributed by atoms with van der Waals surface area (Å²) in [6.45, 7) is 4.00. The third-order valence-electron chi connectivity index (χ3n) is 4.40. The van der Waals surface area contributed by atoms with E-state index < -0.39 is 0 Å². The third-order valence-corrected chi connectivity index (χ3v) is 4.40. The van der Waals surface area contributed by atoms with Crippen LogP contribution in [0, 0.1) is 0 Å². The lowest BCUT2D eigenvalue weighted by molar-refractivity contribution is 0.664. The molecule has 0 aliphatic heterocycles. The monoisotopic (exact) mass is 355 g/mol. The fourth-order valence-electron chi connectivity index (χ4n) is 3.20. The molecule has 4 aromatic rings. The van der Waals surface area contributed by atoms with Crippen LogP contribution in [0.2, 0.25) is 0 Å². The Balaban J connectivity index is 0.00000102. The van der Waals surface area contributed by atoms with E-state index in [1.807, 2.05) is 50.4 Å². The molecule has 0 aliphatic rings. The van der Waals surface area contributed by atoms with Crippen molar-refractivity contribution in [3.8, 4) is 0 Å². The highest BCUT2D eigenvalue weighted by Crippen LogP contribution is 2.31. The van der Waals surface area contributed by atoms with Crippen LogP contribution in [0.3, 0.4) is 0 Å². The molecule has 0 N–H and O–H groups in total. The number of rotatable bonds is 4. The number of para-hydroxylation sites is 2. The van der Waals surface area contributed by atoms with E-state index >= 15 is 0 Å². The SMILES string of the molecule is CC.CN=C/C(=C\Cc1cccc2c1oc1ccccc12)c1ccccc1. The molecule has 0 spiro atoms. The highest BCUT2D eigenvalue weighted by atomic mass is 16.3. The van der Waals surface area contributed by atoms with Gasteiger partial charge in [0.15, 0.2) is 0 Å². The Hall–Kier alpha value is -3.13. The first-order valence-corrected chi connectivity index (χ1v) is 9.43. The van der Waals surface area contributed by atoms with Gasteiger partial charge in [-0.25, -0.2) is 0 Å². The van der Waals surface area contributed by atoms with Gasteiger partial charge in [0.05, 0.1) is 0 Å². The van der Waals surface area contributed by atoms with Crippen molar-refractivity contribution in [2.24, 2.45) is 4.99 Å². The van der Waals surface area contributed by atoms with Gasteiger partial charge >= 0.3 is 0 Å². The highest BCUT2D eigenvalue weighted by Gasteiger charge is 2.09. The van der Waals surface area contributed by atoms with E-state index in [0.717, 1.165) is 23.2 Å². The predicted molar refractivity (Wildman–Crippen MR) is 118 cm³/mol. The molecule has 0 saturated heterocycles. The summed E-state index contributed by atoms with van der Waals surface area (Å²) in [6.07, 6.45) is 4.92. The lowest BCUT2D eigenvalue weighted by Crippen LogP contribution is -1.89. The van der Waals surface area contributed by atoms with E-state index in [9.17, 15) is 0 Å². The van der Waals surface area contributed by atoms with Gasteiger partial charge in [0.1, 0.15) is 11.2 Å². The van der Waals surface area contributed by atoms with Crippen molar-refractivity contribution < 1.29 is 4.42 Å². The second kappa shape index (κ2) is 9.00. The lowest BCUT2D eigenvalue weighted by Gasteiger charge is -2.03. The molecule has 0 unspecified atom stereocenters. The summed E-state index contributed by atoms with van der Waals surface area (Å²) in [5.41, 5.74) is 5.39. The molecular formula is C25H25NO. The molecule has 0 radical (unpaired) electrons. The average Bonchev–Trinajstić information content (AvgIpc) is 3.13. The first-order chi connectivity index (χ1) is 13.4. The number of nitrogens with zero attached hydrogens (tertiary/aromatic N) is 1. The third kappa shape index (κ3) is 4.01. The Morgan fingerprint density at radius 3 is 2.33 bits per heavy atom. The smallest absolute Gasteiger partial charge is 0.138 e. The second-order valence-corrected chi connectivity index (χ2v) is 6.01. The zero-order chi connectivity index (χ0) is 19.1. The van der Waals surface area contributed by atoms with E-state index in [0.29, 0.717) is 0 Å². The fourth-order valence-corrected chi connectivity index (χ4v) is 3.20. The summed E-state index contributed by atoms with van der Waals surface area (Å²) in [6, 6.07) is 24.9. The Kier molecular flexibility index (Phi) is 6.22. The molecule has 0 atom stereocenters. The van der Waals surface area contributed by atoms with E-state index in [4.69, 9.17) is 4.42 Å². The predicted octanol–water partition coefficient (Wildman–Crippen LogP) is 6.94. The zero-order valence-corrected chi connectivity index (χ0v) is 16.1. The van der Waals surface area contributed by atoms with Gasteiger partial charge in [-0.05, 0) is 29.2 Å². The topological polar surface area (TPSA) is 25.5 Å². The Labute approximate surface area is 160 Å². The van der Waals surface area contributed by atoms with Gasteiger partial charge in [0.2, 0.25) is 0 Å². The van der Waals surface area contributed by atoms with Crippen LogP contribution in [-0.2, 0) is 6.42 Å². The van der Waals surface area contributed by atoms with Crippen molar-refractivity contribution >= 4 is 33.7 Å². The van der Waals surface area contributed by atoms with Gasteiger partial charge in [-0.1, -0.05) is 86.7 Å². The zero-order valence-electron chi connectivity index (χ0n) is 16.1. The van der Waals surface area contributed by atoms with Crippen LogP contribution in [0.25, 0.3) is 27.5 Å². The van der Waals surface area contributed by atoms with Crippen molar-refractivity contribution in [1.82, 2.24) is 0 Å². The van der Waals surface area contributed by atoms with Crippen molar-refractivity contribution in [1.29, 1.82) is 0 Å². The van der Waals surface area contributed by atoms with Gasteiger partial charge in [-0.3, -0.25) is 4.99 Å². The number of hydrogen-bond acceptors (Lipinski definition) is 2. The molecule has 0 saturated carbocycles. The van der Waals surface area contributed by atoms with Crippen molar-refractivity contribution in [2.75, 3.05) is 7.05 Å². The molecule has 2 heteroatoms.